The molecule has 1 rings (SSSR count). The van der Waals surface area contributed by atoms with Crippen LogP contribution in [0.4, 0.5) is 0 Å². The fourth-order valence-corrected chi connectivity index (χ4v) is 2.40. The number of ether oxygens (including phenoxy) is 1. The van der Waals surface area contributed by atoms with Crippen molar-refractivity contribution in [2.75, 3.05) is 7.11 Å². The van der Waals surface area contributed by atoms with Gasteiger partial charge in [-0.2, -0.15) is 0 Å². The maximum Gasteiger partial charge on any atom is 0.371 e. The van der Waals surface area contributed by atoms with Gasteiger partial charge in [-0.15, -0.1) is 0 Å². The number of allylic oxidation sites excluding steroid dienone is 1. The van der Waals surface area contributed by atoms with Crippen LogP contribution in [0.25, 0.3) is 5.57 Å². The third kappa shape index (κ3) is 5.25. The first-order valence-corrected chi connectivity index (χ1v) is 7.73. The highest BCUT2D eigenvalue weighted by Crippen LogP contribution is 2.26. The van der Waals surface area contributed by atoms with Crippen LogP contribution < -0.4 is 0 Å². The molecule has 0 fully saturated rings. The van der Waals surface area contributed by atoms with E-state index in [2.05, 4.69) is 26.0 Å². The minimum absolute atomic E-state index is 0.0655. The van der Waals surface area contributed by atoms with E-state index in [1.165, 1.54) is 25.5 Å². The Labute approximate surface area is 127 Å². The fraction of sp³-hybridized carbons (Fsp3) is 0.500. The van der Waals surface area contributed by atoms with Gasteiger partial charge in [0.25, 0.3) is 0 Å². The number of methoxy groups -OCH3 is 1. The van der Waals surface area contributed by atoms with Crippen molar-refractivity contribution in [3.05, 3.63) is 41.2 Å². The molecule has 0 amide bonds. The van der Waals surface area contributed by atoms with E-state index in [1.54, 1.807) is 0 Å². The second-order valence-electron chi connectivity index (χ2n) is 5.18. The lowest BCUT2D eigenvalue weighted by atomic mass is 9.96. The van der Waals surface area contributed by atoms with Crippen LogP contribution >= 0.6 is 0 Å². The van der Waals surface area contributed by atoms with Crippen LogP contribution in [-0.2, 0) is 16.0 Å². The van der Waals surface area contributed by atoms with Gasteiger partial charge in [-0.3, -0.25) is 0 Å². The molecule has 0 unspecified atom stereocenters. The van der Waals surface area contributed by atoms with Gasteiger partial charge in [0.15, 0.2) is 0 Å². The molecule has 0 aliphatic heterocycles. The van der Waals surface area contributed by atoms with Crippen molar-refractivity contribution in [1.29, 1.82) is 0 Å². The molecule has 1 aromatic carbocycles. The van der Waals surface area contributed by atoms with E-state index in [4.69, 9.17) is 4.74 Å². The number of carboxylic acid groups (broad SMARTS) is 1. The van der Waals surface area contributed by atoms with E-state index >= 15 is 0 Å². The Balaban J connectivity index is 3.02. The number of aliphatic carboxylic acids is 1. The number of benzene rings is 1. The molecule has 3 nitrogen and oxygen atoms in total. The lowest BCUT2D eigenvalue weighted by Crippen LogP contribution is -2.07. The van der Waals surface area contributed by atoms with Gasteiger partial charge in [-0.05, 0) is 30.4 Å². The first-order chi connectivity index (χ1) is 10.1. The molecule has 0 bridgehead atoms. The van der Waals surface area contributed by atoms with Crippen LogP contribution in [0.2, 0.25) is 0 Å². The summed E-state index contributed by atoms with van der Waals surface area (Å²) in [5.74, 6) is -0.932. The molecule has 3 heteroatoms. The maximum atomic E-state index is 11.4. The van der Waals surface area contributed by atoms with Crippen LogP contribution in [0.15, 0.2) is 30.0 Å². The first-order valence-electron chi connectivity index (χ1n) is 7.73. The molecule has 0 atom stereocenters. The lowest BCUT2D eigenvalue weighted by Gasteiger charge is -2.12. The van der Waals surface area contributed by atoms with Gasteiger partial charge < -0.3 is 9.84 Å². The average molecular weight is 290 g/mol. The minimum Gasteiger partial charge on any atom is -0.490 e. The van der Waals surface area contributed by atoms with Gasteiger partial charge in [-0.1, -0.05) is 57.4 Å². The summed E-state index contributed by atoms with van der Waals surface area (Å²) in [6.07, 6.45) is 6.16. The van der Waals surface area contributed by atoms with Gasteiger partial charge in [0, 0.05) is 5.57 Å². The van der Waals surface area contributed by atoms with E-state index in [-0.39, 0.29) is 5.76 Å². The summed E-state index contributed by atoms with van der Waals surface area (Å²) in [6.45, 7) is 4.27. The highest BCUT2D eigenvalue weighted by atomic mass is 16.5. The van der Waals surface area contributed by atoms with Crippen LogP contribution in [0.5, 0.6) is 0 Å². The maximum absolute atomic E-state index is 11.4. The SMILES string of the molecule is CCCCCCC(=C(OC)C(=O)O)c1ccc(CC)cc1. The largest absolute Gasteiger partial charge is 0.490 e. The van der Waals surface area contributed by atoms with Gasteiger partial charge >= 0.3 is 5.97 Å². The Morgan fingerprint density at radius 2 is 1.76 bits per heavy atom. The fourth-order valence-electron chi connectivity index (χ4n) is 2.40. The zero-order chi connectivity index (χ0) is 15.7. The molecule has 0 saturated heterocycles. The monoisotopic (exact) mass is 290 g/mol. The Morgan fingerprint density at radius 3 is 2.24 bits per heavy atom. The van der Waals surface area contributed by atoms with Crippen molar-refractivity contribution in [3.8, 4) is 0 Å². The van der Waals surface area contributed by atoms with Crippen molar-refractivity contribution in [1.82, 2.24) is 0 Å². The zero-order valence-corrected chi connectivity index (χ0v) is 13.3. The van der Waals surface area contributed by atoms with Crippen molar-refractivity contribution in [3.63, 3.8) is 0 Å². The summed E-state index contributed by atoms with van der Waals surface area (Å²) >= 11 is 0. The third-order valence-electron chi connectivity index (χ3n) is 3.66. The van der Waals surface area contributed by atoms with Gasteiger partial charge in [0.05, 0.1) is 7.11 Å². The average Bonchev–Trinajstić information content (AvgIpc) is 2.50. The summed E-state index contributed by atoms with van der Waals surface area (Å²) in [4.78, 5) is 11.4. The summed E-state index contributed by atoms with van der Waals surface area (Å²) in [7, 11) is 1.43. The minimum atomic E-state index is -0.998. The van der Waals surface area contributed by atoms with Crippen LogP contribution in [0, 0.1) is 0 Å². The topological polar surface area (TPSA) is 46.5 Å². The molecule has 0 heterocycles. The van der Waals surface area contributed by atoms with Crippen LogP contribution in [0.1, 0.15) is 57.1 Å². The molecule has 0 aliphatic rings. The van der Waals surface area contributed by atoms with E-state index in [1.807, 2.05) is 12.1 Å². The molecule has 0 saturated carbocycles. The second-order valence-corrected chi connectivity index (χ2v) is 5.18. The molecular formula is C18H26O3. The Bertz CT molecular complexity index is 472. The number of carbonyl (C=O) groups is 1. The second kappa shape index (κ2) is 9.22. The lowest BCUT2D eigenvalue weighted by molar-refractivity contribution is -0.135. The van der Waals surface area contributed by atoms with Crippen LogP contribution in [-0.4, -0.2) is 18.2 Å². The summed E-state index contributed by atoms with van der Waals surface area (Å²) in [5, 5.41) is 9.33. The molecule has 1 aromatic rings. The van der Waals surface area contributed by atoms with Gasteiger partial charge in [0.2, 0.25) is 5.76 Å². The summed E-state index contributed by atoms with van der Waals surface area (Å²) in [6, 6.07) is 8.10. The van der Waals surface area contributed by atoms with Crippen molar-refractivity contribution in [2.45, 2.75) is 52.4 Å². The number of hydrogen-bond donors (Lipinski definition) is 1. The number of carboxylic acids is 1. The van der Waals surface area contributed by atoms with E-state index < -0.39 is 5.97 Å². The number of hydrogen-bond acceptors (Lipinski definition) is 2. The summed E-state index contributed by atoms with van der Waals surface area (Å²) < 4.78 is 5.12. The summed E-state index contributed by atoms with van der Waals surface area (Å²) in [5.41, 5.74) is 2.99. The smallest absolute Gasteiger partial charge is 0.371 e. The van der Waals surface area contributed by atoms with Crippen molar-refractivity contribution in [2.24, 2.45) is 0 Å². The molecule has 0 aliphatic carbocycles. The quantitative estimate of drug-likeness (QED) is 0.408. The predicted octanol–water partition coefficient (Wildman–Crippen LogP) is 4.66. The van der Waals surface area contributed by atoms with E-state index in [0.717, 1.165) is 36.8 Å². The Kier molecular flexibility index (Phi) is 7.59. The molecule has 21 heavy (non-hydrogen) atoms. The molecule has 0 aromatic heterocycles. The normalized spacial score (nSPS) is 12.0. The molecular weight excluding hydrogens is 264 g/mol. The number of rotatable bonds is 9. The zero-order valence-electron chi connectivity index (χ0n) is 13.3. The molecule has 0 radical (unpaired) electrons. The number of aryl methyl sites for hydroxylation is 1. The van der Waals surface area contributed by atoms with E-state index in [0.29, 0.717) is 0 Å². The highest BCUT2D eigenvalue weighted by Gasteiger charge is 2.16. The van der Waals surface area contributed by atoms with Gasteiger partial charge in [-0.25, -0.2) is 4.79 Å². The first kappa shape index (κ1) is 17.3. The van der Waals surface area contributed by atoms with Crippen LogP contribution in [0.3, 0.4) is 0 Å². The predicted molar refractivity (Wildman–Crippen MR) is 86.1 cm³/mol. The third-order valence-corrected chi connectivity index (χ3v) is 3.66. The van der Waals surface area contributed by atoms with Gasteiger partial charge in [0.1, 0.15) is 0 Å². The number of unbranched alkanes of at least 4 members (excludes halogenated alkanes) is 3. The van der Waals surface area contributed by atoms with E-state index in [9.17, 15) is 9.90 Å². The molecule has 0 spiro atoms. The highest BCUT2D eigenvalue weighted by molar-refractivity contribution is 5.94. The Hall–Kier alpha value is -1.77. The van der Waals surface area contributed by atoms with Crippen molar-refractivity contribution < 1.29 is 14.6 Å². The standard InChI is InChI=1S/C18H26O3/c1-4-6-7-8-9-16(17(21-3)18(19)20)15-12-10-14(5-2)11-13-15/h10-13H,4-9H2,1-3H3,(H,19,20). The van der Waals surface area contributed by atoms with Crippen molar-refractivity contribution >= 4 is 11.5 Å². The molecule has 1 N–H and O–H groups in total. The molecule has 116 valence electrons. The Morgan fingerprint density at radius 1 is 1.10 bits per heavy atom.